The molecular weight excluding hydrogens is 248 g/mol. The van der Waals surface area contributed by atoms with Crippen molar-refractivity contribution in [1.29, 1.82) is 0 Å². The molecule has 0 aliphatic rings. The molecule has 0 saturated carbocycles. The molecule has 0 atom stereocenters. The van der Waals surface area contributed by atoms with Crippen LogP contribution in [-0.4, -0.2) is 6.79 Å². The van der Waals surface area contributed by atoms with Gasteiger partial charge in [-0.1, -0.05) is 42.5 Å². The SMILES string of the molecule is ClCc1ccc(OCOCc2ccccc2)cc1. The summed E-state index contributed by atoms with van der Waals surface area (Å²) in [5.41, 5.74) is 2.22. The van der Waals surface area contributed by atoms with Crippen molar-refractivity contribution in [2.75, 3.05) is 6.79 Å². The molecule has 0 radical (unpaired) electrons. The van der Waals surface area contributed by atoms with Crippen molar-refractivity contribution in [3.8, 4) is 5.75 Å². The third-order valence-electron chi connectivity index (χ3n) is 2.50. The van der Waals surface area contributed by atoms with Crippen LogP contribution in [0.5, 0.6) is 5.75 Å². The van der Waals surface area contributed by atoms with Crippen molar-refractivity contribution >= 4 is 11.6 Å². The Hall–Kier alpha value is -1.51. The molecule has 0 fully saturated rings. The average molecular weight is 263 g/mol. The van der Waals surface area contributed by atoms with E-state index in [9.17, 15) is 0 Å². The van der Waals surface area contributed by atoms with Gasteiger partial charge in [0.05, 0.1) is 6.61 Å². The monoisotopic (exact) mass is 262 g/mol. The fourth-order valence-electron chi connectivity index (χ4n) is 1.52. The Morgan fingerprint density at radius 1 is 0.833 bits per heavy atom. The molecule has 2 aromatic rings. The highest BCUT2D eigenvalue weighted by Gasteiger charge is 1.95. The van der Waals surface area contributed by atoms with E-state index in [1.54, 1.807) is 0 Å². The van der Waals surface area contributed by atoms with Crippen LogP contribution in [0.25, 0.3) is 0 Å². The lowest BCUT2D eigenvalue weighted by atomic mass is 10.2. The van der Waals surface area contributed by atoms with Crippen molar-refractivity contribution in [2.45, 2.75) is 12.5 Å². The van der Waals surface area contributed by atoms with Gasteiger partial charge >= 0.3 is 0 Å². The molecule has 18 heavy (non-hydrogen) atoms. The number of benzene rings is 2. The van der Waals surface area contributed by atoms with Gasteiger partial charge in [-0.3, -0.25) is 0 Å². The first-order valence-electron chi connectivity index (χ1n) is 5.78. The molecule has 0 amide bonds. The maximum atomic E-state index is 5.71. The second-order valence-electron chi connectivity index (χ2n) is 3.87. The number of hydrogen-bond donors (Lipinski definition) is 0. The van der Waals surface area contributed by atoms with E-state index in [-0.39, 0.29) is 6.79 Å². The van der Waals surface area contributed by atoms with Crippen LogP contribution in [0.3, 0.4) is 0 Å². The van der Waals surface area contributed by atoms with E-state index in [0.717, 1.165) is 16.9 Å². The average Bonchev–Trinajstić information content (AvgIpc) is 2.45. The summed E-state index contributed by atoms with van der Waals surface area (Å²) in [6, 6.07) is 17.7. The molecule has 3 heteroatoms. The summed E-state index contributed by atoms with van der Waals surface area (Å²) in [5, 5.41) is 0. The lowest BCUT2D eigenvalue weighted by molar-refractivity contribution is 0.00504. The predicted molar refractivity (Wildman–Crippen MR) is 72.7 cm³/mol. The van der Waals surface area contributed by atoms with Crippen LogP contribution in [0, 0.1) is 0 Å². The Bertz CT molecular complexity index is 454. The van der Waals surface area contributed by atoms with Crippen molar-refractivity contribution in [3.63, 3.8) is 0 Å². The Morgan fingerprint density at radius 2 is 1.56 bits per heavy atom. The maximum absolute atomic E-state index is 5.71. The topological polar surface area (TPSA) is 18.5 Å². The van der Waals surface area contributed by atoms with E-state index in [4.69, 9.17) is 21.1 Å². The minimum Gasteiger partial charge on any atom is -0.468 e. The van der Waals surface area contributed by atoms with Gasteiger partial charge in [0.1, 0.15) is 5.75 Å². The van der Waals surface area contributed by atoms with Gasteiger partial charge in [0.15, 0.2) is 6.79 Å². The summed E-state index contributed by atoms with van der Waals surface area (Å²) in [6.45, 7) is 0.801. The molecule has 0 unspecified atom stereocenters. The van der Waals surface area contributed by atoms with E-state index in [1.807, 2.05) is 54.6 Å². The molecule has 2 rings (SSSR count). The molecule has 0 spiro atoms. The molecule has 0 saturated heterocycles. The smallest absolute Gasteiger partial charge is 0.189 e. The Labute approximate surface area is 112 Å². The first kappa shape index (κ1) is 12.9. The highest BCUT2D eigenvalue weighted by Crippen LogP contribution is 2.13. The Balaban J connectivity index is 1.72. The second-order valence-corrected chi connectivity index (χ2v) is 4.14. The van der Waals surface area contributed by atoms with Crippen LogP contribution in [0.15, 0.2) is 54.6 Å². The zero-order chi connectivity index (χ0) is 12.6. The fraction of sp³-hybridized carbons (Fsp3) is 0.200. The van der Waals surface area contributed by atoms with Gasteiger partial charge in [0, 0.05) is 5.88 Å². The summed E-state index contributed by atoms with van der Waals surface area (Å²) in [7, 11) is 0. The van der Waals surface area contributed by atoms with Crippen LogP contribution in [0.1, 0.15) is 11.1 Å². The molecule has 0 aromatic heterocycles. The minimum absolute atomic E-state index is 0.245. The van der Waals surface area contributed by atoms with E-state index in [2.05, 4.69) is 0 Å². The second kappa shape index (κ2) is 7.04. The highest BCUT2D eigenvalue weighted by atomic mass is 35.5. The van der Waals surface area contributed by atoms with E-state index in [1.165, 1.54) is 0 Å². The van der Waals surface area contributed by atoms with E-state index < -0.39 is 0 Å². The van der Waals surface area contributed by atoms with Gasteiger partial charge in [-0.05, 0) is 23.3 Å². The normalized spacial score (nSPS) is 10.3. The zero-order valence-electron chi connectivity index (χ0n) is 10.0. The largest absolute Gasteiger partial charge is 0.468 e. The van der Waals surface area contributed by atoms with Crippen LogP contribution < -0.4 is 4.74 Å². The molecule has 0 aliphatic carbocycles. The van der Waals surface area contributed by atoms with Crippen molar-refractivity contribution < 1.29 is 9.47 Å². The summed E-state index contributed by atoms with van der Waals surface area (Å²) in [6.07, 6.45) is 0. The zero-order valence-corrected chi connectivity index (χ0v) is 10.8. The standard InChI is InChI=1S/C15H15ClO2/c16-10-13-6-8-15(9-7-13)18-12-17-11-14-4-2-1-3-5-14/h1-9H,10-12H2. The number of halogens is 1. The lowest BCUT2D eigenvalue weighted by Gasteiger charge is -2.07. The summed E-state index contributed by atoms with van der Waals surface area (Å²) in [5.74, 6) is 1.31. The van der Waals surface area contributed by atoms with Crippen LogP contribution in [0.4, 0.5) is 0 Å². The molecule has 0 aliphatic heterocycles. The third kappa shape index (κ3) is 4.06. The third-order valence-corrected chi connectivity index (χ3v) is 2.81. The number of rotatable bonds is 6. The molecular formula is C15H15ClO2. The van der Waals surface area contributed by atoms with Crippen molar-refractivity contribution in [3.05, 3.63) is 65.7 Å². The first-order valence-corrected chi connectivity index (χ1v) is 6.31. The lowest BCUT2D eigenvalue weighted by Crippen LogP contribution is -2.02. The molecule has 0 heterocycles. The summed E-state index contributed by atoms with van der Waals surface area (Å²) < 4.78 is 10.9. The Morgan fingerprint density at radius 3 is 2.22 bits per heavy atom. The number of alkyl halides is 1. The van der Waals surface area contributed by atoms with Gasteiger partial charge in [0.2, 0.25) is 0 Å². The van der Waals surface area contributed by atoms with Gasteiger partial charge < -0.3 is 9.47 Å². The summed E-state index contributed by atoms with van der Waals surface area (Å²) in [4.78, 5) is 0. The van der Waals surface area contributed by atoms with E-state index >= 15 is 0 Å². The molecule has 0 bridgehead atoms. The van der Waals surface area contributed by atoms with Crippen molar-refractivity contribution in [2.24, 2.45) is 0 Å². The van der Waals surface area contributed by atoms with Crippen molar-refractivity contribution in [1.82, 2.24) is 0 Å². The van der Waals surface area contributed by atoms with Gasteiger partial charge in [-0.15, -0.1) is 11.6 Å². The minimum atomic E-state index is 0.245. The van der Waals surface area contributed by atoms with Crippen LogP contribution in [-0.2, 0) is 17.2 Å². The molecule has 2 aromatic carbocycles. The number of hydrogen-bond acceptors (Lipinski definition) is 2. The first-order chi connectivity index (χ1) is 8.88. The molecule has 0 N–H and O–H groups in total. The maximum Gasteiger partial charge on any atom is 0.189 e. The Kier molecular flexibility index (Phi) is 5.06. The fourth-order valence-corrected chi connectivity index (χ4v) is 1.70. The molecule has 94 valence electrons. The highest BCUT2D eigenvalue weighted by molar-refractivity contribution is 6.17. The quantitative estimate of drug-likeness (QED) is 0.445. The predicted octanol–water partition coefficient (Wildman–Crippen LogP) is 3.98. The summed E-state index contributed by atoms with van der Waals surface area (Å²) >= 11 is 5.71. The van der Waals surface area contributed by atoms with Gasteiger partial charge in [-0.25, -0.2) is 0 Å². The van der Waals surface area contributed by atoms with Gasteiger partial charge in [-0.2, -0.15) is 0 Å². The van der Waals surface area contributed by atoms with E-state index in [0.29, 0.717) is 12.5 Å². The number of ether oxygens (including phenoxy) is 2. The molecule has 2 nitrogen and oxygen atoms in total. The van der Waals surface area contributed by atoms with Gasteiger partial charge in [0.25, 0.3) is 0 Å². The van der Waals surface area contributed by atoms with Crippen LogP contribution >= 0.6 is 11.6 Å². The van der Waals surface area contributed by atoms with Crippen LogP contribution in [0.2, 0.25) is 0 Å².